The first kappa shape index (κ1) is 8.99. The van der Waals surface area contributed by atoms with E-state index in [1.165, 1.54) is 6.92 Å². The molecule has 1 heterocycles. The lowest BCUT2D eigenvalue weighted by Crippen LogP contribution is -2.24. The molecule has 5 nitrogen and oxygen atoms in total. The van der Waals surface area contributed by atoms with Crippen LogP contribution >= 0.6 is 0 Å². The van der Waals surface area contributed by atoms with Gasteiger partial charge in [-0.15, -0.1) is 0 Å². The maximum Gasteiger partial charge on any atom is 0.379 e. The smallest absolute Gasteiger partial charge is 0.379 e. The van der Waals surface area contributed by atoms with Crippen LogP contribution in [-0.4, -0.2) is 24.0 Å². The van der Waals surface area contributed by atoms with Crippen LogP contribution in [0.5, 0.6) is 0 Å². The number of carbonyl (C=O) groups is 2. The summed E-state index contributed by atoms with van der Waals surface area (Å²) in [4.78, 5) is 21.3. The normalized spacial score (nSPS) is 26.6. The topological polar surface area (TPSA) is 61.8 Å². The van der Waals surface area contributed by atoms with E-state index < -0.39 is 24.0 Å². The highest BCUT2D eigenvalue weighted by Crippen LogP contribution is 2.23. The number of ether oxygens (including phenoxy) is 3. The molecule has 1 fully saturated rings. The fourth-order valence-corrected chi connectivity index (χ4v) is 0.843. The van der Waals surface area contributed by atoms with Crippen LogP contribution in [0.3, 0.4) is 0 Å². The highest BCUT2D eigenvalue weighted by molar-refractivity contribution is 5.78. The Kier molecular flexibility index (Phi) is 2.06. The van der Waals surface area contributed by atoms with Crippen LogP contribution < -0.4 is 0 Å². The van der Waals surface area contributed by atoms with Gasteiger partial charge in [-0.1, -0.05) is 0 Å². The maximum atomic E-state index is 10.9. The van der Waals surface area contributed by atoms with Gasteiger partial charge in [0.05, 0.1) is 0 Å². The monoisotopic (exact) mass is 174 g/mol. The number of hydrogen-bond donors (Lipinski definition) is 0. The lowest BCUT2D eigenvalue weighted by atomic mass is 10.4. The van der Waals surface area contributed by atoms with Gasteiger partial charge in [0.25, 0.3) is 0 Å². The van der Waals surface area contributed by atoms with Crippen LogP contribution in [-0.2, 0) is 23.8 Å². The van der Waals surface area contributed by atoms with E-state index in [0.29, 0.717) is 0 Å². The molecule has 0 unspecified atom stereocenters. The second-order valence-corrected chi connectivity index (χ2v) is 2.88. The molecule has 0 radical (unpaired) electrons. The van der Waals surface area contributed by atoms with Crippen molar-refractivity contribution in [3.63, 3.8) is 0 Å². The van der Waals surface area contributed by atoms with Gasteiger partial charge in [0.1, 0.15) is 0 Å². The number of rotatable bonds is 1. The summed E-state index contributed by atoms with van der Waals surface area (Å²) in [5.41, 5.74) is 0. The Morgan fingerprint density at radius 1 is 1.58 bits per heavy atom. The molecule has 0 aromatic heterocycles. The Morgan fingerprint density at radius 3 is 2.50 bits per heavy atom. The molecule has 0 aliphatic carbocycles. The van der Waals surface area contributed by atoms with Crippen molar-refractivity contribution < 1.29 is 23.8 Å². The summed E-state index contributed by atoms with van der Waals surface area (Å²) < 4.78 is 14.2. The summed E-state index contributed by atoms with van der Waals surface area (Å²) in [7, 11) is 0. The highest BCUT2D eigenvalue weighted by atomic mass is 16.8. The van der Waals surface area contributed by atoms with Crippen LogP contribution in [0.4, 0.5) is 0 Å². The highest BCUT2D eigenvalue weighted by Gasteiger charge is 2.43. The molecule has 1 saturated heterocycles. The van der Waals surface area contributed by atoms with Gasteiger partial charge in [0.2, 0.25) is 5.79 Å². The summed E-state index contributed by atoms with van der Waals surface area (Å²) >= 11 is 0. The first-order valence-electron chi connectivity index (χ1n) is 3.48. The first-order chi connectivity index (χ1) is 5.41. The largest absolute Gasteiger partial charge is 0.429 e. The average Bonchev–Trinajstić information content (AvgIpc) is 2.03. The van der Waals surface area contributed by atoms with Gasteiger partial charge in [-0.05, 0) is 0 Å². The van der Waals surface area contributed by atoms with Gasteiger partial charge in [-0.25, -0.2) is 4.79 Å². The second kappa shape index (κ2) is 2.75. The number of cyclic esters (lactones) is 1. The summed E-state index contributed by atoms with van der Waals surface area (Å²) in [6, 6.07) is 0. The SMILES string of the molecule is CC(=O)O[C@H]1OC(C)(C)OC1=O. The second-order valence-electron chi connectivity index (χ2n) is 2.88. The van der Waals surface area contributed by atoms with E-state index in [2.05, 4.69) is 4.74 Å². The third-order valence-electron chi connectivity index (χ3n) is 1.20. The zero-order valence-corrected chi connectivity index (χ0v) is 7.12. The zero-order chi connectivity index (χ0) is 9.35. The van der Waals surface area contributed by atoms with Crippen molar-refractivity contribution in [2.24, 2.45) is 0 Å². The van der Waals surface area contributed by atoms with E-state index in [0.717, 1.165) is 0 Å². The van der Waals surface area contributed by atoms with E-state index in [9.17, 15) is 9.59 Å². The summed E-state index contributed by atoms with van der Waals surface area (Å²) in [5, 5.41) is 0. The van der Waals surface area contributed by atoms with Crippen LogP contribution in [0.2, 0.25) is 0 Å². The van der Waals surface area contributed by atoms with Gasteiger partial charge in [0, 0.05) is 20.8 Å². The van der Waals surface area contributed by atoms with Crippen molar-refractivity contribution in [2.45, 2.75) is 32.8 Å². The van der Waals surface area contributed by atoms with Gasteiger partial charge in [-0.2, -0.15) is 0 Å². The Balaban J connectivity index is 2.58. The van der Waals surface area contributed by atoms with Crippen LogP contribution in [0.25, 0.3) is 0 Å². The van der Waals surface area contributed by atoms with Crippen LogP contribution in [0.1, 0.15) is 20.8 Å². The third kappa shape index (κ3) is 1.94. The fourth-order valence-electron chi connectivity index (χ4n) is 0.843. The van der Waals surface area contributed by atoms with Gasteiger partial charge in [0.15, 0.2) is 0 Å². The molecule has 0 aromatic carbocycles. The number of carbonyl (C=O) groups excluding carboxylic acids is 2. The molecule has 0 amide bonds. The molecule has 1 aliphatic heterocycles. The molecule has 0 N–H and O–H groups in total. The molecule has 0 aromatic rings. The molecule has 1 aliphatic rings. The van der Waals surface area contributed by atoms with E-state index in [4.69, 9.17) is 9.47 Å². The molecule has 5 heteroatoms. The lowest BCUT2D eigenvalue weighted by Gasteiger charge is -2.14. The zero-order valence-electron chi connectivity index (χ0n) is 7.12. The van der Waals surface area contributed by atoms with E-state index in [1.807, 2.05) is 0 Å². The van der Waals surface area contributed by atoms with Crippen molar-refractivity contribution in [2.75, 3.05) is 0 Å². The minimum Gasteiger partial charge on any atom is -0.429 e. The molecule has 1 rings (SSSR count). The van der Waals surface area contributed by atoms with Gasteiger partial charge < -0.3 is 9.47 Å². The molecule has 1 atom stereocenters. The van der Waals surface area contributed by atoms with Crippen LogP contribution in [0.15, 0.2) is 0 Å². The quantitative estimate of drug-likeness (QED) is 0.531. The van der Waals surface area contributed by atoms with Crippen molar-refractivity contribution >= 4 is 11.9 Å². The first-order valence-corrected chi connectivity index (χ1v) is 3.48. The van der Waals surface area contributed by atoms with Crippen molar-refractivity contribution in [3.8, 4) is 0 Å². The molecular weight excluding hydrogens is 164 g/mol. The minimum atomic E-state index is -1.21. The van der Waals surface area contributed by atoms with Gasteiger partial charge >= 0.3 is 18.2 Å². The Morgan fingerprint density at radius 2 is 2.17 bits per heavy atom. The van der Waals surface area contributed by atoms with E-state index in [1.54, 1.807) is 13.8 Å². The fraction of sp³-hybridized carbons (Fsp3) is 0.714. The standard InChI is InChI=1S/C7H10O5/c1-4(8)10-6-5(9)11-7(2,3)12-6/h6H,1-3H3/t6-/m0/s1. The Hall–Kier alpha value is -1.10. The van der Waals surface area contributed by atoms with E-state index >= 15 is 0 Å². The third-order valence-corrected chi connectivity index (χ3v) is 1.20. The van der Waals surface area contributed by atoms with Crippen molar-refractivity contribution in [1.82, 2.24) is 0 Å². The minimum absolute atomic E-state index is 0.574. The average molecular weight is 174 g/mol. The maximum absolute atomic E-state index is 10.9. The van der Waals surface area contributed by atoms with Crippen LogP contribution in [0, 0.1) is 0 Å². The van der Waals surface area contributed by atoms with Gasteiger partial charge in [-0.3, -0.25) is 9.53 Å². The van der Waals surface area contributed by atoms with Crippen molar-refractivity contribution in [1.29, 1.82) is 0 Å². The molecule has 0 bridgehead atoms. The Labute approximate surface area is 69.6 Å². The molecule has 68 valence electrons. The molecular formula is C7H10O5. The summed E-state index contributed by atoms with van der Waals surface area (Å²) in [6.45, 7) is 4.32. The number of hydrogen-bond acceptors (Lipinski definition) is 5. The Bertz CT molecular complexity index is 220. The predicted molar refractivity (Wildman–Crippen MR) is 36.8 cm³/mol. The number of esters is 2. The molecule has 0 saturated carbocycles. The van der Waals surface area contributed by atoms with E-state index in [-0.39, 0.29) is 0 Å². The summed E-state index contributed by atoms with van der Waals surface area (Å²) in [5.74, 6) is -2.25. The lowest BCUT2D eigenvalue weighted by molar-refractivity contribution is -0.196. The molecule has 0 spiro atoms. The predicted octanol–water partition coefficient (Wildman–Crippen LogP) is 0.185. The molecule has 12 heavy (non-hydrogen) atoms. The summed E-state index contributed by atoms with van der Waals surface area (Å²) in [6.07, 6.45) is -1.21. The van der Waals surface area contributed by atoms with Crippen molar-refractivity contribution in [3.05, 3.63) is 0 Å².